The Hall–Kier alpha value is -2.58. The van der Waals surface area contributed by atoms with Gasteiger partial charge in [-0.1, -0.05) is 29.8 Å². The first-order valence-corrected chi connectivity index (χ1v) is 10.4. The van der Waals surface area contributed by atoms with E-state index in [1.807, 2.05) is 31.2 Å². The normalized spacial score (nSPS) is 13.0. The smallest absolute Gasteiger partial charge is 0.251 e. The van der Waals surface area contributed by atoms with Gasteiger partial charge in [0.15, 0.2) is 11.5 Å². The van der Waals surface area contributed by atoms with Gasteiger partial charge in [0.05, 0.1) is 6.26 Å². The van der Waals surface area contributed by atoms with Crippen LogP contribution in [0.5, 0.6) is 11.5 Å². The van der Waals surface area contributed by atoms with Crippen molar-refractivity contribution in [2.45, 2.75) is 13.5 Å². The predicted octanol–water partition coefficient (Wildman–Crippen LogP) is 1.92. The molecule has 0 unspecified atom stereocenters. The molecule has 0 saturated carbocycles. The van der Waals surface area contributed by atoms with Crippen molar-refractivity contribution in [3.05, 3.63) is 59.2 Å². The van der Waals surface area contributed by atoms with Gasteiger partial charge in [-0.05, 0) is 30.7 Å². The summed E-state index contributed by atoms with van der Waals surface area (Å²) in [5.74, 6) is 0.838. The number of carbonyl (C=O) groups is 1. The van der Waals surface area contributed by atoms with Gasteiger partial charge in [-0.25, -0.2) is 8.42 Å². The number of carbonyl (C=O) groups excluding carboxylic acids is 1. The first-order valence-electron chi connectivity index (χ1n) is 8.51. The number of sulfonamides is 1. The zero-order valence-electron chi connectivity index (χ0n) is 15.3. The SMILES string of the molecule is Cc1cccc(CN(CCNC(=O)c2ccc3c(c2)OCO3)S(C)(=O)=O)c1. The van der Waals surface area contributed by atoms with Crippen LogP contribution in [0.3, 0.4) is 0 Å². The molecule has 0 aromatic heterocycles. The van der Waals surface area contributed by atoms with Crippen LogP contribution in [0.1, 0.15) is 21.5 Å². The zero-order chi connectivity index (χ0) is 19.4. The summed E-state index contributed by atoms with van der Waals surface area (Å²) in [7, 11) is -3.40. The van der Waals surface area contributed by atoms with E-state index in [-0.39, 0.29) is 32.3 Å². The molecule has 0 saturated heterocycles. The molecule has 0 aliphatic carbocycles. The zero-order valence-corrected chi connectivity index (χ0v) is 16.1. The number of hydrogen-bond donors (Lipinski definition) is 1. The predicted molar refractivity (Wildman–Crippen MR) is 101 cm³/mol. The minimum absolute atomic E-state index is 0.142. The van der Waals surface area contributed by atoms with Gasteiger partial charge in [0.2, 0.25) is 16.8 Å². The van der Waals surface area contributed by atoms with Gasteiger partial charge in [-0.2, -0.15) is 4.31 Å². The van der Waals surface area contributed by atoms with Gasteiger partial charge in [-0.3, -0.25) is 4.79 Å². The number of hydrogen-bond acceptors (Lipinski definition) is 5. The molecule has 2 aromatic rings. The molecule has 27 heavy (non-hydrogen) atoms. The maximum absolute atomic E-state index is 12.3. The lowest BCUT2D eigenvalue weighted by Gasteiger charge is -2.20. The van der Waals surface area contributed by atoms with Crippen molar-refractivity contribution in [2.24, 2.45) is 0 Å². The third kappa shape index (κ3) is 4.99. The molecule has 1 amide bonds. The van der Waals surface area contributed by atoms with Crippen molar-refractivity contribution in [2.75, 3.05) is 26.1 Å². The van der Waals surface area contributed by atoms with Crippen LogP contribution in [0.4, 0.5) is 0 Å². The second-order valence-corrected chi connectivity index (χ2v) is 8.39. The first-order chi connectivity index (χ1) is 12.8. The standard InChI is InChI=1S/C19H22N2O5S/c1-14-4-3-5-15(10-14)12-21(27(2,23)24)9-8-20-19(22)16-6-7-17-18(11-16)26-13-25-17/h3-7,10-11H,8-9,12-13H2,1-2H3,(H,20,22). The second kappa shape index (κ2) is 7.98. The van der Waals surface area contributed by atoms with Gasteiger partial charge in [-0.15, -0.1) is 0 Å². The molecule has 1 aliphatic rings. The fraction of sp³-hybridized carbons (Fsp3) is 0.316. The number of rotatable bonds is 7. The molecular weight excluding hydrogens is 368 g/mol. The fourth-order valence-electron chi connectivity index (χ4n) is 2.81. The Bertz CT molecular complexity index is 943. The molecule has 7 nitrogen and oxygen atoms in total. The van der Waals surface area contributed by atoms with Crippen LogP contribution in [0.25, 0.3) is 0 Å². The lowest BCUT2D eigenvalue weighted by Crippen LogP contribution is -2.37. The summed E-state index contributed by atoms with van der Waals surface area (Å²) in [4.78, 5) is 12.3. The van der Waals surface area contributed by atoms with E-state index >= 15 is 0 Å². The van der Waals surface area contributed by atoms with Gasteiger partial charge < -0.3 is 14.8 Å². The molecule has 0 spiro atoms. The molecule has 144 valence electrons. The molecule has 0 fully saturated rings. The minimum Gasteiger partial charge on any atom is -0.454 e. The summed E-state index contributed by atoms with van der Waals surface area (Å²) in [6.45, 7) is 2.75. The molecule has 1 heterocycles. The molecule has 3 rings (SSSR count). The van der Waals surface area contributed by atoms with Crippen LogP contribution in [-0.4, -0.2) is 44.8 Å². The van der Waals surface area contributed by atoms with E-state index < -0.39 is 10.0 Å². The number of amides is 1. The van der Waals surface area contributed by atoms with Gasteiger partial charge in [0.1, 0.15) is 0 Å². The average molecular weight is 390 g/mol. The van der Waals surface area contributed by atoms with E-state index in [0.29, 0.717) is 17.1 Å². The second-order valence-electron chi connectivity index (χ2n) is 6.41. The van der Waals surface area contributed by atoms with Gasteiger partial charge in [0, 0.05) is 25.2 Å². The Morgan fingerprint density at radius 3 is 2.67 bits per heavy atom. The average Bonchev–Trinajstić information content (AvgIpc) is 3.07. The Morgan fingerprint density at radius 1 is 1.15 bits per heavy atom. The Morgan fingerprint density at radius 2 is 1.93 bits per heavy atom. The van der Waals surface area contributed by atoms with Crippen molar-refractivity contribution in [1.82, 2.24) is 9.62 Å². The van der Waals surface area contributed by atoms with E-state index in [2.05, 4.69) is 5.32 Å². The lowest BCUT2D eigenvalue weighted by molar-refractivity contribution is 0.0951. The summed E-state index contributed by atoms with van der Waals surface area (Å²) >= 11 is 0. The number of nitrogens with zero attached hydrogens (tertiary/aromatic N) is 1. The largest absolute Gasteiger partial charge is 0.454 e. The first kappa shape index (κ1) is 19.2. The highest BCUT2D eigenvalue weighted by molar-refractivity contribution is 7.88. The van der Waals surface area contributed by atoms with Crippen LogP contribution in [0, 0.1) is 6.92 Å². The molecule has 0 atom stereocenters. The van der Waals surface area contributed by atoms with Crippen molar-refractivity contribution in [1.29, 1.82) is 0 Å². The Balaban J connectivity index is 1.59. The lowest BCUT2D eigenvalue weighted by atomic mass is 10.1. The monoisotopic (exact) mass is 390 g/mol. The molecule has 2 aromatic carbocycles. The summed E-state index contributed by atoms with van der Waals surface area (Å²) in [5, 5.41) is 2.75. The van der Waals surface area contributed by atoms with Crippen molar-refractivity contribution in [3.8, 4) is 11.5 Å². The highest BCUT2D eigenvalue weighted by atomic mass is 32.2. The summed E-state index contributed by atoms with van der Waals surface area (Å²) in [6.07, 6.45) is 1.17. The number of fused-ring (bicyclic) bond motifs is 1. The third-order valence-corrected chi connectivity index (χ3v) is 5.44. The third-order valence-electron chi connectivity index (χ3n) is 4.19. The molecule has 0 bridgehead atoms. The summed E-state index contributed by atoms with van der Waals surface area (Å²) in [5.41, 5.74) is 2.41. The number of aryl methyl sites for hydroxylation is 1. The fourth-order valence-corrected chi connectivity index (χ4v) is 3.62. The van der Waals surface area contributed by atoms with E-state index in [1.54, 1.807) is 18.2 Å². The van der Waals surface area contributed by atoms with Gasteiger partial charge >= 0.3 is 0 Å². The van der Waals surface area contributed by atoms with Gasteiger partial charge in [0.25, 0.3) is 5.91 Å². The molecule has 1 aliphatic heterocycles. The van der Waals surface area contributed by atoms with E-state index in [1.165, 1.54) is 10.6 Å². The van der Waals surface area contributed by atoms with Crippen LogP contribution in [-0.2, 0) is 16.6 Å². The maximum Gasteiger partial charge on any atom is 0.251 e. The molecule has 1 N–H and O–H groups in total. The van der Waals surface area contributed by atoms with Crippen molar-refractivity contribution in [3.63, 3.8) is 0 Å². The number of nitrogens with one attached hydrogen (secondary N) is 1. The number of ether oxygens (including phenoxy) is 2. The topological polar surface area (TPSA) is 84.9 Å². The van der Waals surface area contributed by atoms with Crippen molar-refractivity contribution < 1.29 is 22.7 Å². The quantitative estimate of drug-likeness (QED) is 0.781. The highest BCUT2D eigenvalue weighted by Gasteiger charge is 2.19. The Labute approximate surface area is 158 Å². The minimum atomic E-state index is -3.40. The van der Waals surface area contributed by atoms with E-state index in [9.17, 15) is 13.2 Å². The maximum atomic E-state index is 12.3. The molecular formula is C19H22N2O5S. The summed E-state index contributed by atoms with van der Waals surface area (Å²) < 4.78 is 36.0. The van der Waals surface area contributed by atoms with Crippen LogP contribution >= 0.6 is 0 Å². The Kier molecular flexibility index (Phi) is 5.67. The summed E-state index contributed by atoms with van der Waals surface area (Å²) in [6, 6.07) is 12.6. The van der Waals surface area contributed by atoms with Crippen LogP contribution < -0.4 is 14.8 Å². The number of benzene rings is 2. The van der Waals surface area contributed by atoms with Crippen LogP contribution in [0.2, 0.25) is 0 Å². The molecule has 8 heteroatoms. The van der Waals surface area contributed by atoms with E-state index in [4.69, 9.17) is 9.47 Å². The van der Waals surface area contributed by atoms with Crippen LogP contribution in [0.15, 0.2) is 42.5 Å². The van der Waals surface area contributed by atoms with Crippen molar-refractivity contribution >= 4 is 15.9 Å². The van der Waals surface area contributed by atoms with E-state index in [0.717, 1.165) is 11.1 Å². The highest BCUT2D eigenvalue weighted by Crippen LogP contribution is 2.32. The molecule has 0 radical (unpaired) electrons.